The number of aromatic nitrogens is 1. The molecule has 1 aliphatic carbocycles. The maximum atomic E-state index is 13.3. The Balaban J connectivity index is 0.00000256. The average Bonchev–Trinajstić information content (AvgIpc) is 2.89. The average molecular weight is 425 g/mol. The van der Waals surface area contributed by atoms with Crippen molar-refractivity contribution in [3.63, 3.8) is 0 Å². The van der Waals surface area contributed by atoms with Gasteiger partial charge >= 0.3 is 0 Å². The summed E-state index contributed by atoms with van der Waals surface area (Å²) in [6.07, 6.45) is 3.42. The molecular formula is C26H36N2OS. The number of rotatable bonds is 4. The summed E-state index contributed by atoms with van der Waals surface area (Å²) in [7, 11) is 0. The summed E-state index contributed by atoms with van der Waals surface area (Å²) in [5.74, 6) is 0.886. The largest absolute Gasteiger partial charge is 0.334 e. The molecule has 4 heteroatoms. The Kier molecular flexibility index (Phi) is 6.38. The van der Waals surface area contributed by atoms with Crippen molar-refractivity contribution in [1.82, 2.24) is 9.88 Å². The molecule has 162 valence electrons. The van der Waals surface area contributed by atoms with Crippen molar-refractivity contribution < 1.29 is 4.79 Å². The number of thioether (sulfide) groups is 1. The Morgan fingerprint density at radius 3 is 2.47 bits per heavy atom. The number of hydrogen-bond donors (Lipinski definition) is 0. The zero-order chi connectivity index (χ0) is 20.8. The van der Waals surface area contributed by atoms with E-state index in [9.17, 15) is 4.79 Å². The van der Waals surface area contributed by atoms with Crippen molar-refractivity contribution >= 4 is 17.7 Å². The molecular weight excluding hydrogens is 388 g/mol. The van der Waals surface area contributed by atoms with E-state index in [0.29, 0.717) is 17.2 Å². The van der Waals surface area contributed by atoms with Crippen LogP contribution in [0.5, 0.6) is 0 Å². The lowest BCUT2D eigenvalue weighted by atomic mass is 9.65. The molecule has 1 saturated heterocycles. The predicted molar refractivity (Wildman–Crippen MR) is 127 cm³/mol. The van der Waals surface area contributed by atoms with Crippen molar-refractivity contribution in [3.05, 3.63) is 58.9 Å². The first-order valence-corrected chi connectivity index (χ1v) is 11.6. The van der Waals surface area contributed by atoms with E-state index in [2.05, 4.69) is 57.7 Å². The molecule has 1 aliphatic heterocycles. The smallest absolute Gasteiger partial charge is 0.272 e. The first-order valence-electron chi connectivity index (χ1n) is 10.6. The number of likely N-dealkylation sites (tertiary alicyclic amines) is 1. The van der Waals surface area contributed by atoms with Crippen LogP contribution >= 0.6 is 11.8 Å². The van der Waals surface area contributed by atoms with Crippen LogP contribution in [-0.4, -0.2) is 28.4 Å². The van der Waals surface area contributed by atoms with Gasteiger partial charge in [-0.25, -0.2) is 4.98 Å². The minimum Gasteiger partial charge on any atom is -0.334 e. The molecule has 2 heterocycles. The molecule has 2 fully saturated rings. The third kappa shape index (κ3) is 4.59. The van der Waals surface area contributed by atoms with Gasteiger partial charge in [0, 0.05) is 23.2 Å². The highest BCUT2D eigenvalue weighted by molar-refractivity contribution is 7.98. The highest BCUT2D eigenvalue weighted by Crippen LogP contribution is 2.52. The van der Waals surface area contributed by atoms with Crippen LogP contribution in [0.25, 0.3) is 0 Å². The lowest BCUT2D eigenvalue weighted by molar-refractivity contribution is 0.0702. The molecule has 30 heavy (non-hydrogen) atoms. The van der Waals surface area contributed by atoms with Crippen molar-refractivity contribution in [2.45, 2.75) is 78.0 Å². The van der Waals surface area contributed by atoms with Gasteiger partial charge in [0.1, 0.15) is 5.69 Å². The fourth-order valence-corrected chi connectivity index (χ4v) is 6.74. The molecule has 2 aromatic rings. The van der Waals surface area contributed by atoms with Gasteiger partial charge in [-0.2, -0.15) is 0 Å². The number of benzene rings is 1. The summed E-state index contributed by atoms with van der Waals surface area (Å²) in [4.78, 5) is 21.5. The quantitative estimate of drug-likeness (QED) is 0.514. The lowest BCUT2D eigenvalue weighted by Crippen LogP contribution is -2.38. The van der Waals surface area contributed by atoms with Crippen LogP contribution in [-0.2, 0) is 5.75 Å². The van der Waals surface area contributed by atoms with Gasteiger partial charge in [0.25, 0.3) is 5.91 Å². The zero-order valence-corrected chi connectivity index (χ0v) is 19.1. The van der Waals surface area contributed by atoms with Gasteiger partial charge in [-0.1, -0.05) is 52.5 Å². The summed E-state index contributed by atoms with van der Waals surface area (Å²) in [5, 5.41) is 0. The van der Waals surface area contributed by atoms with Crippen molar-refractivity contribution in [1.29, 1.82) is 0 Å². The van der Waals surface area contributed by atoms with Crippen molar-refractivity contribution in [2.75, 3.05) is 6.54 Å². The molecule has 2 atom stereocenters. The van der Waals surface area contributed by atoms with Gasteiger partial charge in [0.05, 0.1) is 5.69 Å². The number of amides is 1. The van der Waals surface area contributed by atoms with Gasteiger partial charge in [0.2, 0.25) is 0 Å². The lowest BCUT2D eigenvalue weighted by Gasteiger charge is -2.39. The van der Waals surface area contributed by atoms with Crippen LogP contribution in [0.4, 0.5) is 0 Å². The first-order chi connectivity index (χ1) is 13.7. The van der Waals surface area contributed by atoms with E-state index in [4.69, 9.17) is 4.98 Å². The van der Waals surface area contributed by atoms with E-state index >= 15 is 0 Å². The third-order valence-electron chi connectivity index (χ3n) is 6.47. The fraction of sp³-hybridized carbons (Fsp3) is 0.538. The minimum atomic E-state index is 0. The standard InChI is InChI=1S/C25H32N2OS.CH4/c1-17-8-6-9-18(2)22(17)29-14-19-10-7-11-21(26-19)23(28)27-16-25(5)13-20(27)12-24(3,4)15-25;/h6-11,20H,12-16H2,1-5H3;1H4/t20-,25-;/m1./s1. The van der Waals surface area contributed by atoms with E-state index in [-0.39, 0.29) is 18.7 Å². The van der Waals surface area contributed by atoms with Crippen LogP contribution in [0.2, 0.25) is 0 Å². The normalized spacial score (nSPS) is 24.4. The number of fused-ring (bicyclic) bond motifs is 2. The number of aryl methyl sites for hydroxylation is 2. The summed E-state index contributed by atoms with van der Waals surface area (Å²) >= 11 is 1.81. The molecule has 1 saturated carbocycles. The highest BCUT2D eigenvalue weighted by Gasteiger charge is 2.51. The molecule has 0 radical (unpaired) electrons. The number of carbonyl (C=O) groups excluding carboxylic acids is 1. The summed E-state index contributed by atoms with van der Waals surface area (Å²) in [6.45, 7) is 12.2. The molecule has 0 spiro atoms. The van der Waals surface area contributed by atoms with E-state index < -0.39 is 0 Å². The molecule has 0 N–H and O–H groups in total. The number of nitrogens with zero attached hydrogens (tertiary/aromatic N) is 2. The first kappa shape index (κ1) is 22.9. The second-order valence-electron chi connectivity index (χ2n) is 10.2. The second-order valence-corrected chi connectivity index (χ2v) is 11.2. The summed E-state index contributed by atoms with van der Waals surface area (Å²) in [5.41, 5.74) is 4.71. The Hall–Kier alpha value is -1.81. The second kappa shape index (κ2) is 8.37. The number of hydrogen-bond acceptors (Lipinski definition) is 3. The van der Waals surface area contributed by atoms with Crippen LogP contribution in [0, 0.1) is 24.7 Å². The molecule has 1 amide bonds. The molecule has 2 bridgehead atoms. The molecule has 1 aromatic carbocycles. The molecule has 0 unspecified atom stereocenters. The Labute approximate surface area is 186 Å². The number of pyridine rings is 1. The molecule has 3 nitrogen and oxygen atoms in total. The van der Waals surface area contributed by atoms with Crippen molar-refractivity contribution in [3.8, 4) is 0 Å². The summed E-state index contributed by atoms with van der Waals surface area (Å²) in [6, 6.07) is 12.6. The zero-order valence-electron chi connectivity index (χ0n) is 18.3. The topological polar surface area (TPSA) is 33.2 Å². The van der Waals surface area contributed by atoms with Gasteiger partial charge in [-0.05, 0) is 67.2 Å². The van der Waals surface area contributed by atoms with Gasteiger partial charge in [-0.3, -0.25) is 4.79 Å². The van der Waals surface area contributed by atoms with Crippen molar-refractivity contribution in [2.24, 2.45) is 10.8 Å². The SMILES string of the molecule is C.Cc1cccc(C)c1SCc1cccc(C(=O)N2C[C@]3(C)C[C@H]2CC(C)(C)C3)n1. The maximum absolute atomic E-state index is 13.3. The third-order valence-corrected chi connectivity index (χ3v) is 7.85. The Morgan fingerprint density at radius 2 is 1.77 bits per heavy atom. The van der Waals surface area contributed by atoms with E-state index in [1.54, 1.807) is 11.8 Å². The minimum absolute atomic E-state index is 0. The van der Waals surface area contributed by atoms with Crippen LogP contribution < -0.4 is 0 Å². The fourth-order valence-electron chi connectivity index (χ4n) is 5.70. The highest BCUT2D eigenvalue weighted by atomic mass is 32.2. The van der Waals surface area contributed by atoms with Crippen LogP contribution in [0.15, 0.2) is 41.3 Å². The Morgan fingerprint density at radius 1 is 1.10 bits per heavy atom. The molecule has 1 aromatic heterocycles. The van der Waals surface area contributed by atoms with E-state index in [0.717, 1.165) is 30.8 Å². The van der Waals surface area contributed by atoms with Crippen LogP contribution in [0.3, 0.4) is 0 Å². The van der Waals surface area contributed by atoms with E-state index in [1.807, 2.05) is 18.2 Å². The number of carbonyl (C=O) groups is 1. The van der Waals surface area contributed by atoms with E-state index in [1.165, 1.54) is 22.4 Å². The monoisotopic (exact) mass is 424 g/mol. The van der Waals surface area contributed by atoms with Gasteiger partial charge in [0.15, 0.2) is 0 Å². The molecule has 2 aliphatic rings. The molecule has 4 rings (SSSR count). The van der Waals surface area contributed by atoms with Gasteiger partial charge < -0.3 is 4.90 Å². The maximum Gasteiger partial charge on any atom is 0.272 e. The predicted octanol–water partition coefficient (Wildman–Crippen LogP) is 6.67. The van der Waals surface area contributed by atoms with Gasteiger partial charge in [-0.15, -0.1) is 11.8 Å². The Bertz CT molecular complexity index is 918. The van der Waals surface area contributed by atoms with Crippen LogP contribution in [0.1, 0.15) is 74.8 Å². The summed E-state index contributed by atoms with van der Waals surface area (Å²) < 4.78 is 0.